The van der Waals surface area contributed by atoms with Gasteiger partial charge >= 0.3 is 6.09 Å². The van der Waals surface area contributed by atoms with E-state index in [1.54, 1.807) is 4.90 Å². The fourth-order valence-electron chi connectivity index (χ4n) is 3.83. The van der Waals surface area contributed by atoms with E-state index in [2.05, 4.69) is 46.3 Å². The second kappa shape index (κ2) is 9.40. The molecular weight excluding hydrogens is 362 g/mol. The number of likely N-dealkylation sites (tertiary alicyclic amines) is 1. The number of carbonyl (C=O) groups is 1. The predicted octanol–water partition coefficient (Wildman–Crippen LogP) is 5.57. The molecule has 1 aromatic carbocycles. The molecule has 0 N–H and O–H groups in total. The lowest BCUT2D eigenvalue weighted by atomic mass is 9.95. The van der Waals surface area contributed by atoms with Gasteiger partial charge < -0.3 is 4.74 Å². The number of hydrogen-bond donors (Lipinski definition) is 0. The topological polar surface area (TPSA) is 45.7 Å². The summed E-state index contributed by atoms with van der Waals surface area (Å²) in [5.74, 6) is 0.635. The number of hydrogen-bond acceptors (Lipinski definition) is 4. The van der Waals surface area contributed by atoms with Crippen molar-refractivity contribution in [3.8, 4) is 0 Å². The van der Waals surface area contributed by atoms with Crippen molar-refractivity contribution in [2.75, 3.05) is 18.0 Å². The number of carbonyl (C=O) groups excluding carboxylic acids is 1. The van der Waals surface area contributed by atoms with Crippen LogP contribution in [0.2, 0.25) is 0 Å². The monoisotopic (exact) mass is 395 g/mol. The van der Waals surface area contributed by atoms with Crippen LogP contribution in [-0.4, -0.2) is 34.7 Å². The quantitative estimate of drug-likeness (QED) is 0.664. The second-order valence-electron chi connectivity index (χ2n) is 8.64. The van der Waals surface area contributed by atoms with Crippen LogP contribution >= 0.6 is 0 Å². The van der Waals surface area contributed by atoms with Gasteiger partial charge in [0.25, 0.3) is 0 Å². The van der Waals surface area contributed by atoms with Crippen LogP contribution in [0.15, 0.2) is 48.7 Å². The average Bonchev–Trinajstić information content (AvgIpc) is 2.69. The van der Waals surface area contributed by atoms with Crippen molar-refractivity contribution in [1.29, 1.82) is 0 Å². The van der Waals surface area contributed by atoms with Crippen molar-refractivity contribution in [3.05, 3.63) is 59.8 Å². The summed E-state index contributed by atoms with van der Waals surface area (Å²) in [6, 6.07) is 15.1. The van der Waals surface area contributed by atoms with Crippen molar-refractivity contribution in [1.82, 2.24) is 9.88 Å². The van der Waals surface area contributed by atoms with Crippen LogP contribution in [0.4, 0.5) is 10.6 Å². The first kappa shape index (κ1) is 21.3. The van der Waals surface area contributed by atoms with Crippen LogP contribution in [0, 0.1) is 0 Å². The van der Waals surface area contributed by atoms with Gasteiger partial charge in [0.05, 0.1) is 0 Å². The molecule has 1 aromatic heterocycles. The number of aromatic nitrogens is 1. The summed E-state index contributed by atoms with van der Waals surface area (Å²) in [6.45, 7) is 10.1. The molecule has 0 bridgehead atoms. The highest BCUT2D eigenvalue weighted by Gasteiger charge is 2.26. The van der Waals surface area contributed by atoms with Gasteiger partial charge in [-0.2, -0.15) is 0 Å². The van der Waals surface area contributed by atoms with Crippen molar-refractivity contribution in [2.45, 2.75) is 65.1 Å². The van der Waals surface area contributed by atoms with E-state index in [4.69, 9.17) is 4.74 Å². The van der Waals surface area contributed by atoms with Gasteiger partial charge in [-0.1, -0.05) is 42.8 Å². The number of piperidine rings is 1. The van der Waals surface area contributed by atoms with Gasteiger partial charge in [0.1, 0.15) is 11.4 Å². The summed E-state index contributed by atoms with van der Waals surface area (Å²) in [5, 5.41) is 0. The maximum atomic E-state index is 12.5. The van der Waals surface area contributed by atoms with Gasteiger partial charge in [0.2, 0.25) is 0 Å². The number of rotatable bonds is 5. The summed E-state index contributed by atoms with van der Waals surface area (Å²) in [7, 11) is 0. The first-order valence-electron chi connectivity index (χ1n) is 10.6. The zero-order valence-corrected chi connectivity index (χ0v) is 18.1. The number of ether oxygens (including phenoxy) is 1. The number of nitrogens with zero attached hydrogens (tertiary/aromatic N) is 3. The number of anilines is 1. The van der Waals surface area contributed by atoms with Crippen molar-refractivity contribution < 1.29 is 9.53 Å². The lowest BCUT2D eigenvalue weighted by molar-refractivity contribution is 0.0581. The smallest absolute Gasteiger partial charge is 0.415 e. The van der Waals surface area contributed by atoms with E-state index >= 15 is 0 Å². The molecule has 5 heteroatoms. The first-order valence-corrected chi connectivity index (χ1v) is 10.6. The Morgan fingerprint density at radius 3 is 2.55 bits per heavy atom. The summed E-state index contributed by atoms with van der Waals surface area (Å²) in [6.07, 6.45) is 5.17. The van der Waals surface area contributed by atoms with Crippen LogP contribution in [-0.2, 0) is 11.3 Å². The standard InChI is InChI=1S/C24H33N3O2/c1-5-27(23(28)29-24(2,3)4)22-15-14-20(17-25-22)21-13-9-10-16-26(21)18-19-11-7-6-8-12-19/h6-8,11-12,14-15,17,21H,5,9-10,13,16,18H2,1-4H3/t21-/m0/s1. The first-order chi connectivity index (χ1) is 13.9. The van der Waals surface area contributed by atoms with Gasteiger partial charge in [0, 0.05) is 25.3 Å². The molecular formula is C24H33N3O2. The predicted molar refractivity (Wildman–Crippen MR) is 117 cm³/mol. The minimum atomic E-state index is -0.523. The van der Waals surface area contributed by atoms with Crippen LogP contribution < -0.4 is 4.90 Å². The van der Waals surface area contributed by atoms with Crippen molar-refractivity contribution >= 4 is 11.9 Å². The number of pyridine rings is 1. The molecule has 2 heterocycles. The molecule has 5 nitrogen and oxygen atoms in total. The van der Waals surface area contributed by atoms with Gasteiger partial charge in [0.15, 0.2) is 0 Å². The lowest BCUT2D eigenvalue weighted by Gasteiger charge is -2.36. The highest BCUT2D eigenvalue weighted by atomic mass is 16.6. The molecule has 2 aromatic rings. The second-order valence-corrected chi connectivity index (χ2v) is 8.64. The van der Waals surface area contributed by atoms with E-state index < -0.39 is 5.60 Å². The minimum Gasteiger partial charge on any atom is -0.443 e. The van der Waals surface area contributed by atoms with Gasteiger partial charge in [-0.05, 0) is 64.3 Å². The summed E-state index contributed by atoms with van der Waals surface area (Å²) in [4.78, 5) is 21.2. The van der Waals surface area contributed by atoms with E-state index in [1.807, 2.05) is 40.0 Å². The van der Waals surface area contributed by atoms with Crippen molar-refractivity contribution in [2.24, 2.45) is 0 Å². The maximum Gasteiger partial charge on any atom is 0.415 e. The Kier molecular flexibility index (Phi) is 6.91. The Bertz CT molecular complexity index is 784. The molecule has 3 rings (SSSR count). The lowest BCUT2D eigenvalue weighted by Crippen LogP contribution is -2.37. The van der Waals surface area contributed by atoms with Crippen LogP contribution in [0.3, 0.4) is 0 Å². The Hall–Kier alpha value is -2.40. The van der Waals surface area contributed by atoms with E-state index in [9.17, 15) is 4.79 Å². The molecule has 29 heavy (non-hydrogen) atoms. The third-order valence-corrected chi connectivity index (χ3v) is 5.20. The molecule has 1 fully saturated rings. The molecule has 1 aliphatic rings. The SMILES string of the molecule is CCN(C(=O)OC(C)(C)C)c1ccc([C@@H]2CCCCN2Cc2ccccc2)cn1. The Morgan fingerprint density at radius 2 is 1.93 bits per heavy atom. The molecule has 0 saturated carbocycles. The zero-order chi connectivity index (χ0) is 20.9. The van der Waals surface area contributed by atoms with Crippen LogP contribution in [0.25, 0.3) is 0 Å². The minimum absolute atomic E-state index is 0.358. The third-order valence-electron chi connectivity index (χ3n) is 5.20. The fraction of sp³-hybridized carbons (Fsp3) is 0.500. The molecule has 156 valence electrons. The zero-order valence-electron chi connectivity index (χ0n) is 18.1. The summed E-state index contributed by atoms with van der Waals surface area (Å²) >= 11 is 0. The van der Waals surface area contributed by atoms with Crippen molar-refractivity contribution in [3.63, 3.8) is 0 Å². The third kappa shape index (κ3) is 5.80. The highest BCUT2D eigenvalue weighted by Crippen LogP contribution is 2.32. The van der Waals surface area contributed by atoms with Gasteiger partial charge in [-0.25, -0.2) is 9.78 Å². The highest BCUT2D eigenvalue weighted by molar-refractivity contribution is 5.86. The Morgan fingerprint density at radius 1 is 1.17 bits per heavy atom. The summed E-state index contributed by atoms with van der Waals surface area (Å²) in [5.41, 5.74) is 2.03. The van der Waals surface area contributed by atoms with Gasteiger partial charge in [-0.3, -0.25) is 9.80 Å². The fourth-order valence-corrected chi connectivity index (χ4v) is 3.83. The maximum absolute atomic E-state index is 12.5. The van der Waals surface area contributed by atoms with Crippen LogP contribution in [0.1, 0.15) is 64.1 Å². The molecule has 1 aliphatic heterocycles. The molecule has 1 saturated heterocycles. The normalized spacial score (nSPS) is 17.7. The Balaban J connectivity index is 1.74. The number of benzene rings is 1. The molecule has 0 aliphatic carbocycles. The van der Waals surface area contributed by atoms with E-state index in [-0.39, 0.29) is 6.09 Å². The molecule has 1 amide bonds. The molecule has 0 radical (unpaired) electrons. The molecule has 1 atom stereocenters. The van der Waals surface area contributed by atoms with E-state index in [1.165, 1.54) is 24.0 Å². The average molecular weight is 396 g/mol. The van der Waals surface area contributed by atoms with E-state index in [0.29, 0.717) is 18.4 Å². The van der Waals surface area contributed by atoms with Crippen LogP contribution in [0.5, 0.6) is 0 Å². The number of amides is 1. The van der Waals surface area contributed by atoms with Gasteiger partial charge in [-0.15, -0.1) is 0 Å². The largest absolute Gasteiger partial charge is 0.443 e. The molecule has 0 spiro atoms. The summed E-state index contributed by atoms with van der Waals surface area (Å²) < 4.78 is 5.51. The molecule has 0 unspecified atom stereocenters. The Labute approximate surface area is 174 Å². The van der Waals surface area contributed by atoms with E-state index in [0.717, 1.165) is 19.5 Å².